The zero-order chi connectivity index (χ0) is 24.8. The lowest BCUT2D eigenvalue weighted by atomic mass is 9.69. The van der Waals surface area contributed by atoms with Crippen molar-refractivity contribution in [2.75, 3.05) is 19.1 Å². The number of aromatic nitrogens is 4. The Hall–Kier alpha value is -3.33. The molecule has 2 N–H and O–H groups in total. The predicted molar refractivity (Wildman–Crippen MR) is 132 cm³/mol. The summed E-state index contributed by atoms with van der Waals surface area (Å²) in [6.45, 7) is 4.64. The Morgan fingerprint density at radius 1 is 1.06 bits per heavy atom. The molecule has 0 amide bonds. The minimum Gasteiger partial charge on any atom is -0.507 e. The lowest BCUT2D eigenvalue weighted by Gasteiger charge is -2.55. The lowest BCUT2D eigenvalue weighted by molar-refractivity contribution is 0.0784. The fraction of sp³-hybridized carbons (Fsp3) is 0.462. The van der Waals surface area contributed by atoms with Crippen LogP contribution in [0, 0.1) is 5.82 Å². The number of benzene rings is 1. The number of rotatable bonds is 5. The van der Waals surface area contributed by atoms with E-state index < -0.39 is 5.82 Å². The van der Waals surface area contributed by atoms with Gasteiger partial charge in [-0.25, -0.2) is 4.39 Å². The van der Waals surface area contributed by atoms with Gasteiger partial charge in [0.05, 0.1) is 19.0 Å². The van der Waals surface area contributed by atoms with Gasteiger partial charge < -0.3 is 20.1 Å². The molecule has 0 aliphatic carbocycles. The fourth-order valence-electron chi connectivity index (χ4n) is 5.84. The number of aromatic hydroxyl groups is 1. The summed E-state index contributed by atoms with van der Waals surface area (Å²) < 4.78 is 20.1. The van der Waals surface area contributed by atoms with Crippen LogP contribution in [0.4, 0.5) is 10.2 Å². The molecular weight excluding hydrogens is 447 g/mol. The summed E-state index contributed by atoms with van der Waals surface area (Å²) in [5.74, 6) is 0.409. The monoisotopic (exact) mass is 478 g/mol. The summed E-state index contributed by atoms with van der Waals surface area (Å²) in [5, 5.41) is 30.9. The van der Waals surface area contributed by atoms with Gasteiger partial charge >= 0.3 is 0 Å². The van der Waals surface area contributed by atoms with Gasteiger partial charge in [0.2, 0.25) is 5.88 Å². The smallest absolute Gasteiger partial charge is 0.233 e. The maximum atomic E-state index is 15.0. The number of methoxy groups -OCH3 is 1. The van der Waals surface area contributed by atoms with E-state index in [2.05, 4.69) is 51.5 Å². The van der Waals surface area contributed by atoms with Crippen LogP contribution in [0.3, 0.4) is 0 Å². The quantitative estimate of drug-likeness (QED) is 0.559. The molecule has 3 atom stereocenters. The van der Waals surface area contributed by atoms with E-state index in [9.17, 15) is 5.11 Å². The average Bonchev–Trinajstić information content (AvgIpc) is 2.83. The van der Waals surface area contributed by atoms with E-state index >= 15 is 4.39 Å². The van der Waals surface area contributed by atoms with Crippen LogP contribution in [0.1, 0.15) is 46.0 Å². The Bertz CT molecular complexity index is 1220. The number of ether oxygens (including phenoxy) is 1. The highest BCUT2D eigenvalue weighted by Gasteiger charge is 2.46. The number of phenols is 1. The zero-order valence-electron chi connectivity index (χ0n) is 20.5. The van der Waals surface area contributed by atoms with Crippen LogP contribution in [-0.4, -0.2) is 56.8 Å². The molecule has 2 bridgehead atoms. The zero-order valence-corrected chi connectivity index (χ0v) is 20.5. The van der Waals surface area contributed by atoms with Crippen molar-refractivity contribution < 1.29 is 14.2 Å². The summed E-state index contributed by atoms with van der Waals surface area (Å²) in [4.78, 5) is 2.20. The summed E-state index contributed by atoms with van der Waals surface area (Å²) in [6, 6.07) is 8.19. The van der Waals surface area contributed by atoms with Gasteiger partial charge in [-0.3, -0.25) is 0 Å². The molecule has 9 heteroatoms. The molecule has 2 fully saturated rings. The van der Waals surface area contributed by atoms with Crippen molar-refractivity contribution >= 4 is 5.82 Å². The maximum absolute atomic E-state index is 15.0. The van der Waals surface area contributed by atoms with Gasteiger partial charge in [-0.15, -0.1) is 15.3 Å². The second kappa shape index (κ2) is 8.71. The van der Waals surface area contributed by atoms with Crippen LogP contribution >= 0.6 is 0 Å². The number of halogens is 1. The van der Waals surface area contributed by atoms with E-state index in [1.807, 2.05) is 6.07 Å². The minimum atomic E-state index is -0.515. The van der Waals surface area contributed by atoms with Gasteiger partial charge in [-0.05, 0) is 70.2 Å². The molecule has 1 unspecified atom stereocenters. The van der Waals surface area contributed by atoms with E-state index in [1.165, 1.54) is 44.7 Å². The summed E-state index contributed by atoms with van der Waals surface area (Å²) in [6.07, 6.45) is 7.13. The molecule has 184 valence electrons. The van der Waals surface area contributed by atoms with Crippen LogP contribution in [0.15, 0.2) is 36.5 Å². The second-order valence-electron chi connectivity index (χ2n) is 10.4. The van der Waals surface area contributed by atoms with Gasteiger partial charge in [0, 0.05) is 46.9 Å². The van der Waals surface area contributed by atoms with Crippen molar-refractivity contribution in [3.63, 3.8) is 0 Å². The normalized spacial score (nSPS) is 25.8. The largest absolute Gasteiger partial charge is 0.507 e. The number of nitrogens with one attached hydrogen (secondary N) is 1. The first-order valence-corrected chi connectivity index (χ1v) is 11.9. The molecule has 2 aliphatic rings. The molecule has 3 aromatic rings. The van der Waals surface area contributed by atoms with Crippen molar-refractivity contribution in [3.05, 3.63) is 42.3 Å². The van der Waals surface area contributed by atoms with E-state index in [1.54, 1.807) is 12.1 Å². The van der Waals surface area contributed by atoms with Crippen molar-refractivity contribution in [2.24, 2.45) is 0 Å². The Morgan fingerprint density at radius 2 is 1.80 bits per heavy atom. The number of phenolic OH excluding ortho intramolecular Hbond substituents is 1. The molecule has 0 radical (unpaired) electrons. The molecule has 5 rings (SSSR count). The number of hydrogen-bond acceptors (Lipinski definition) is 8. The van der Waals surface area contributed by atoms with Gasteiger partial charge in [0.1, 0.15) is 11.6 Å². The predicted octanol–water partition coefficient (Wildman–Crippen LogP) is 4.34. The molecule has 2 aromatic heterocycles. The maximum Gasteiger partial charge on any atom is 0.233 e. The molecule has 2 aliphatic heterocycles. The van der Waals surface area contributed by atoms with Gasteiger partial charge in [-0.2, -0.15) is 5.10 Å². The second-order valence-corrected chi connectivity index (χ2v) is 10.4. The molecule has 1 aromatic carbocycles. The van der Waals surface area contributed by atoms with Crippen LogP contribution < -0.4 is 15.0 Å². The van der Waals surface area contributed by atoms with Crippen LogP contribution in [0.25, 0.3) is 22.4 Å². The van der Waals surface area contributed by atoms with E-state index in [0.29, 0.717) is 17.3 Å². The lowest BCUT2D eigenvalue weighted by Crippen LogP contribution is -2.66. The van der Waals surface area contributed by atoms with Crippen molar-refractivity contribution in [1.29, 1.82) is 0 Å². The molecule has 4 heterocycles. The average molecular weight is 479 g/mol. The fourth-order valence-corrected chi connectivity index (χ4v) is 5.84. The first kappa shape index (κ1) is 23.4. The molecule has 2 saturated heterocycles. The Balaban J connectivity index is 1.38. The van der Waals surface area contributed by atoms with Crippen LogP contribution in [0.2, 0.25) is 0 Å². The Labute approximate surface area is 204 Å². The highest BCUT2D eigenvalue weighted by atomic mass is 19.1. The van der Waals surface area contributed by atoms with Gasteiger partial charge in [0.15, 0.2) is 5.82 Å². The minimum absolute atomic E-state index is 0.0976. The third-order valence-corrected chi connectivity index (χ3v) is 7.51. The highest BCUT2D eigenvalue weighted by Crippen LogP contribution is 2.42. The summed E-state index contributed by atoms with van der Waals surface area (Å²) >= 11 is 0. The number of piperidine rings is 2. The van der Waals surface area contributed by atoms with Crippen molar-refractivity contribution in [2.45, 2.75) is 63.1 Å². The van der Waals surface area contributed by atoms with E-state index in [0.717, 1.165) is 18.7 Å². The highest BCUT2D eigenvalue weighted by molar-refractivity contribution is 5.75. The number of hydrogen-bond donors (Lipinski definition) is 2. The molecular formula is C26H31FN6O2. The number of nitrogens with zero attached hydrogens (tertiary/aromatic N) is 5. The Morgan fingerprint density at radius 3 is 2.46 bits per heavy atom. The molecule has 35 heavy (non-hydrogen) atoms. The van der Waals surface area contributed by atoms with E-state index in [4.69, 9.17) is 4.74 Å². The SMILES string of the molecule is COc1cc(-c2cc(O)c(-c3ccc(N(C)C4C[C@]5(C)CCC[C@](C)(C4)N5)nn3)cc2F)cnn1. The van der Waals surface area contributed by atoms with Crippen LogP contribution in [0.5, 0.6) is 11.6 Å². The van der Waals surface area contributed by atoms with Gasteiger partial charge in [-0.1, -0.05) is 0 Å². The summed E-state index contributed by atoms with van der Waals surface area (Å²) in [7, 11) is 3.52. The third kappa shape index (κ3) is 4.52. The van der Waals surface area contributed by atoms with E-state index in [-0.39, 0.29) is 33.8 Å². The number of fused-ring (bicyclic) bond motifs is 2. The first-order valence-electron chi connectivity index (χ1n) is 11.9. The summed E-state index contributed by atoms with van der Waals surface area (Å²) in [5.41, 5.74) is 1.60. The molecule has 0 saturated carbocycles. The van der Waals surface area contributed by atoms with Crippen LogP contribution in [-0.2, 0) is 0 Å². The molecule has 8 nitrogen and oxygen atoms in total. The topological polar surface area (TPSA) is 96.3 Å². The third-order valence-electron chi connectivity index (χ3n) is 7.51. The Kier molecular flexibility index (Phi) is 5.83. The number of anilines is 1. The van der Waals surface area contributed by atoms with Gasteiger partial charge in [0.25, 0.3) is 0 Å². The van der Waals surface area contributed by atoms with Crippen molar-refractivity contribution in [1.82, 2.24) is 25.7 Å². The van der Waals surface area contributed by atoms with Crippen molar-refractivity contribution in [3.8, 4) is 34.0 Å². The standard InChI is InChI=1S/C26H31FN6O2/c1-25-8-5-9-26(2,32-25)14-17(13-25)33(3)23-7-6-21(29-30-23)19-11-20(27)18(12-22(19)34)16-10-24(35-4)31-28-15-16/h6-7,10-12,15,17,32,34H,5,8-9,13-14H2,1-4H3/t17?,25-,26+. The molecule has 0 spiro atoms. The first-order chi connectivity index (χ1) is 16.7.